The van der Waals surface area contributed by atoms with Gasteiger partial charge in [0.2, 0.25) is 0 Å². The highest BCUT2D eigenvalue weighted by molar-refractivity contribution is 7.79. The summed E-state index contributed by atoms with van der Waals surface area (Å²) < 4.78 is 31.6. The second-order valence-corrected chi connectivity index (χ2v) is 5.70. The summed E-state index contributed by atoms with van der Waals surface area (Å²) in [5.74, 6) is 0.580. The first-order valence-corrected chi connectivity index (χ1v) is 7.96. The SMILES string of the molecule is CC#N.C[C@H]1CNCCc2ccc(Cl)cc21.O=S(=O)(O)O. The Balaban J connectivity index is 0.000000422. The van der Waals surface area contributed by atoms with Crippen LogP contribution in [-0.4, -0.2) is 30.6 Å². The van der Waals surface area contributed by atoms with Gasteiger partial charge in [-0.25, -0.2) is 0 Å². The van der Waals surface area contributed by atoms with Crippen molar-refractivity contribution in [2.45, 2.75) is 26.2 Å². The maximum absolute atomic E-state index is 8.74. The third kappa shape index (κ3) is 10.2. The van der Waals surface area contributed by atoms with Crippen molar-refractivity contribution < 1.29 is 17.5 Å². The highest BCUT2D eigenvalue weighted by Gasteiger charge is 2.13. The number of fused-ring (bicyclic) bond motifs is 1. The second-order valence-electron chi connectivity index (χ2n) is 4.37. The van der Waals surface area contributed by atoms with E-state index in [2.05, 4.69) is 24.4 Å². The molecule has 1 aromatic carbocycles. The van der Waals surface area contributed by atoms with Gasteiger partial charge in [0.15, 0.2) is 0 Å². The minimum atomic E-state index is -4.67. The van der Waals surface area contributed by atoms with Crippen LogP contribution in [0.1, 0.15) is 30.9 Å². The largest absolute Gasteiger partial charge is 0.394 e. The summed E-state index contributed by atoms with van der Waals surface area (Å²) in [5, 5.41) is 11.6. The predicted octanol–water partition coefficient (Wildman–Crippen LogP) is 2.47. The van der Waals surface area contributed by atoms with E-state index in [1.807, 2.05) is 6.07 Å². The zero-order valence-electron chi connectivity index (χ0n) is 11.9. The van der Waals surface area contributed by atoms with E-state index in [0.717, 1.165) is 24.5 Å². The van der Waals surface area contributed by atoms with Gasteiger partial charge in [-0.1, -0.05) is 24.6 Å². The number of nitrogens with one attached hydrogen (secondary N) is 1. The van der Waals surface area contributed by atoms with Crippen molar-refractivity contribution in [3.63, 3.8) is 0 Å². The Hall–Kier alpha value is -1.17. The first kappa shape index (κ1) is 19.8. The highest BCUT2D eigenvalue weighted by atomic mass is 35.5. The molecule has 0 fully saturated rings. The molecule has 1 aliphatic heterocycles. The third-order valence-corrected chi connectivity index (χ3v) is 2.90. The quantitative estimate of drug-likeness (QED) is 0.628. The van der Waals surface area contributed by atoms with E-state index in [1.165, 1.54) is 18.1 Å². The van der Waals surface area contributed by atoms with Crippen molar-refractivity contribution >= 4 is 22.0 Å². The van der Waals surface area contributed by atoms with Gasteiger partial charge in [-0.15, -0.1) is 0 Å². The summed E-state index contributed by atoms with van der Waals surface area (Å²) >= 11 is 5.97. The monoisotopic (exact) mass is 334 g/mol. The molecular weight excluding hydrogens is 316 g/mol. The van der Waals surface area contributed by atoms with Crippen LogP contribution >= 0.6 is 11.6 Å². The van der Waals surface area contributed by atoms with Gasteiger partial charge in [0.05, 0.1) is 6.07 Å². The van der Waals surface area contributed by atoms with Crippen LogP contribution in [0.3, 0.4) is 0 Å². The summed E-state index contributed by atoms with van der Waals surface area (Å²) in [7, 11) is -4.67. The zero-order valence-corrected chi connectivity index (χ0v) is 13.4. The van der Waals surface area contributed by atoms with Crippen LogP contribution in [-0.2, 0) is 16.8 Å². The number of rotatable bonds is 0. The van der Waals surface area contributed by atoms with Gasteiger partial charge < -0.3 is 5.32 Å². The van der Waals surface area contributed by atoms with Crippen LogP contribution in [0, 0.1) is 11.3 Å². The Labute approximate surface area is 130 Å². The summed E-state index contributed by atoms with van der Waals surface area (Å²) in [6.45, 7) is 5.82. The summed E-state index contributed by atoms with van der Waals surface area (Å²) in [6, 6.07) is 7.99. The summed E-state index contributed by atoms with van der Waals surface area (Å²) in [4.78, 5) is 0. The summed E-state index contributed by atoms with van der Waals surface area (Å²) in [5.41, 5.74) is 2.86. The lowest BCUT2D eigenvalue weighted by molar-refractivity contribution is 0.381. The molecule has 1 aromatic rings. The number of benzene rings is 1. The molecule has 0 saturated carbocycles. The van der Waals surface area contributed by atoms with Crippen molar-refractivity contribution in [2.75, 3.05) is 13.1 Å². The van der Waals surface area contributed by atoms with Gasteiger partial charge in [0, 0.05) is 18.5 Å². The van der Waals surface area contributed by atoms with Gasteiger partial charge in [0.25, 0.3) is 0 Å². The summed E-state index contributed by atoms with van der Waals surface area (Å²) in [6.07, 6.45) is 1.12. The third-order valence-electron chi connectivity index (χ3n) is 2.66. The lowest BCUT2D eigenvalue weighted by Gasteiger charge is -2.11. The van der Waals surface area contributed by atoms with E-state index < -0.39 is 10.4 Å². The van der Waals surface area contributed by atoms with E-state index in [-0.39, 0.29) is 0 Å². The maximum atomic E-state index is 8.74. The average Bonchev–Trinajstić information content (AvgIpc) is 2.51. The molecular formula is C13H19ClN2O4S. The normalized spacial score (nSPS) is 16.9. The molecule has 0 amide bonds. The maximum Gasteiger partial charge on any atom is 0.394 e. The van der Waals surface area contributed by atoms with E-state index in [0.29, 0.717) is 5.92 Å². The molecule has 8 heteroatoms. The van der Waals surface area contributed by atoms with E-state index in [4.69, 9.17) is 34.4 Å². The smallest absolute Gasteiger partial charge is 0.316 e. The molecule has 0 bridgehead atoms. The Morgan fingerprint density at radius 1 is 1.43 bits per heavy atom. The van der Waals surface area contributed by atoms with Crippen LogP contribution in [0.5, 0.6) is 0 Å². The van der Waals surface area contributed by atoms with Crippen LogP contribution in [0.4, 0.5) is 0 Å². The van der Waals surface area contributed by atoms with Crippen LogP contribution in [0.2, 0.25) is 5.02 Å². The molecule has 0 aromatic heterocycles. The van der Waals surface area contributed by atoms with Crippen LogP contribution < -0.4 is 5.32 Å². The minimum Gasteiger partial charge on any atom is -0.316 e. The molecule has 1 atom stereocenters. The topological polar surface area (TPSA) is 110 Å². The van der Waals surface area contributed by atoms with Crippen molar-refractivity contribution in [3.8, 4) is 6.07 Å². The number of halogens is 1. The van der Waals surface area contributed by atoms with Gasteiger partial charge in [0.1, 0.15) is 0 Å². The van der Waals surface area contributed by atoms with Gasteiger partial charge in [-0.2, -0.15) is 13.7 Å². The molecule has 21 heavy (non-hydrogen) atoms. The van der Waals surface area contributed by atoms with E-state index >= 15 is 0 Å². The fraction of sp³-hybridized carbons (Fsp3) is 0.462. The molecule has 1 aliphatic rings. The number of nitrogens with zero attached hydrogens (tertiary/aromatic N) is 1. The standard InChI is InChI=1S/C11H14ClN.C2H3N.H2O4S/c1-8-7-13-5-4-9-2-3-10(12)6-11(8)9;1-2-3;1-5(2,3)4/h2-3,6,8,13H,4-5,7H2,1H3;1H3;(H2,1,2,3,4)/t8-;;/m0../s1. The zero-order chi connectivity index (χ0) is 16.5. The van der Waals surface area contributed by atoms with Gasteiger partial charge >= 0.3 is 10.4 Å². The predicted molar refractivity (Wildman–Crippen MR) is 81.9 cm³/mol. The van der Waals surface area contributed by atoms with E-state index in [9.17, 15) is 0 Å². The fourth-order valence-electron chi connectivity index (χ4n) is 1.90. The molecule has 0 aliphatic carbocycles. The minimum absolute atomic E-state index is 0.580. The molecule has 6 nitrogen and oxygen atoms in total. The first-order chi connectivity index (χ1) is 9.69. The molecule has 0 spiro atoms. The van der Waals surface area contributed by atoms with Crippen molar-refractivity contribution in [3.05, 3.63) is 34.3 Å². The second kappa shape index (κ2) is 9.71. The van der Waals surface area contributed by atoms with Crippen LogP contribution in [0.15, 0.2) is 18.2 Å². The molecule has 2 rings (SSSR count). The lowest BCUT2D eigenvalue weighted by Crippen LogP contribution is -2.18. The van der Waals surface area contributed by atoms with Crippen molar-refractivity contribution in [1.82, 2.24) is 5.32 Å². The fourth-order valence-corrected chi connectivity index (χ4v) is 2.08. The molecule has 0 unspecified atom stereocenters. The molecule has 0 radical (unpaired) electrons. The number of hydrogen-bond donors (Lipinski definition) is 3. The Morgan fingerprint density at radius 2 is 1.95 bits per heavy atom. The molecule has 118 valence electrons. The van der Waals surface area contributed by atoms with Gasteiger partial charge in [-0.3, -0.25) is 9.11 Å². The number of nitriles is 1. The lowest BCUT2D eigenvalue weighted by atomic mass is 9.96. The number of hydrogen-bond acceptors (Lipinski definition) is 4. The molecule has 1 heterocycles. The first-order valence-electron chi connectivity index (χ1n) is 6.18. The van der Waals surface area contributed by atoms with Crippen LogP contribution in [0.25, 0.3) is 0 Å². The van der Waals surface area contributed by atoms with Gasteiger partial charge in [-0.05, 0) is 42.1 Å². The highest BCUT2D eigenvalue weighted by Crippen LogP contribution is 2.25. The van der Waals surface area contributed by atoms with Crippen molar-refractivity contribution in [2.24, 2.45) is 0 Å². The Morgan fingerprint density at radius 3 is 2.48 bits per heavy atom. The van der Waals surface area contributed by atoms with E-state index in [1.54, 1.807) is 6.07 Å². The average molecular weight is 335 g/mol. The Bertz CT molecular complexity index is 576. The molecule has 3 N–H and O–H groups in total. The molecule has 0 saturated heterocycles. The Kier molecular flexibility index (Phi) is 9.17. The van der Waals surface area contributed by atoms with Crippen molar-refractivity contribution in [1.29, 1.82) is 5.26 Å².